The van der Waals surface area contributed by atoms with Crippen LogP contribution in [0.2, 0.25) is 0 Å². The van der Waals surface area contributed by atoms with E-state index in [2.05, 4.69) is 0 Å². The van der Waals surface area contributed by atoms with Crippen molar-refractivity contribution >= 4 is 10.3 Å². The third-order valence-electron chi connectivity index (χ3n) is 2.24. The predicted octanol–water partition coefficient (Wildman–Crippen LogP) is 1.38. The van der Waals surface area contributed by atoms with Gasteiger partial charge in [-0.3, -0.25) is 0 Å². The minimum absolute atomic E-state index is 0.0908. The van der Waals surface area contributed by atoms with Crippen LogP contribution in [0.5, 0.6) is 17.5 Å². The zero-order valence-electron chi connectivity index (χ0n) is 9.44. The number of rotatable bonds is 3. The summed E-state index contributed by atoms with van der Waals surface area (Å²) in [7, 11) is -4.33. The fourth-order valence-corrected chi connectivity index (χ4v) is 2.39. The molecule has 0 aliphatic carbocycles. The second kappa shape index (κ2) is 4.26. The van der Waals surface area contributed by atoms with Gasteiger partial charge in [-0.1, -0.05) is 17.7 Å². The molecule has 0 unspecified atom stereocenters. The van der Waals surface area contributed by atoms with E-state index in [1.807, 2.05) is 6.92 Å². The molecule has 0 bridgehead atoms. The molecule has 18 heavy (non-hydrogen) atoms. The summed E-state index contributed by atoms with van der Waals surface area (Å²) in [4.78, 5) is 0. The lowest BCUT2D eigenvalue weighted by Crippen LogP contribution is -2.18. The summed E-state index contributed by atoms with van der Waals surface area (Å²) >= 11 is 0. The molecular formula is C11H11NO5S. The third kappa shape index (κ3) is 2.25. The molecule has 1 aromatic carbocycles. The Morgan fingerprint density at radius 3 is 2.00 bits per heavy atom. The largest absolute Gasteiger partial charge is 0.494 e. The van der Waals surface area contributed by atoms with E-state index >= 15 is 0 Å². The predicted molar refractivity (Wildman–Crippen MR) is 63.9 cm³/mol. The average Bonchev–Trinajstić information content (AvgIpc) is 2.62. The van der Waals surface area contributed by atoms with E-state index in [0.717, 1.165) is 17.7 Å². The number of nitrogens with zero attached hydrogens (tertiary/aromatic N) is 1. The molecule has 1 aromatic heterocycles. The van der Waals surface area contributed by atoms with E-state index in [0.29, 0.717) is 3.97 Å². The Labute approximate surface area is 104 Å². The molecule has 0 saturated carbocycles. The first-order chi connectivity index (χ1) is 8.40. The van der Waals surface area contributed by atoms with Gasteiger partial charge in [-0.2, -0.15) is 8.42 Å². The molecular weight excluding hydrogens is 258 g/mol. The maximum atomic E-state index is 11.8. The summed E-state index contributed by atoms with van der Waals surface area (Å²) in [6.07, 6.45) is 0. The lowest BCUT2D eigenvalue weighted by molar-refractivity contribution is 0.392. The summed E-state index contributed by atoms with van der Waals surface area (Å²) in [6, 6.07) is 8.41. The van der Waals surface area contributed by atoms with Gasteiger partial charge in [0.2, 0.25) is 11.8 Å². The molecule has 0 atom stereocenters. The van der Waals surface area contributed by atoms with Gasteiger partial charge in [0.25, 0.3) is 0 Å². The molecule has 7 heteroatoms. The highest BCUT2D eigenvalue weighted by Gasteiger charge is 2.22. The number of aryl methyl sites for hydroxylation is 1. The van der Waals surface area contributed by atoms with Crippen LogP contribution in [0.25, 0.3) is 0 Å². The summed E-state index contributed by atoms with van der Waals surface area (Å²) < 4.78 is 28.7. The molecule has 2 aromatic rings. The number of hydrogen-bond acceptors (Lipinski definition) is 5. The lowest BCUT2D eigenvalue weighted by atomic mass is 10.2. The van der Waals surface area contributed by atoms with Crippen molar-refractivity contribution in [1.82, 2.24) is 3.97 Å². The lowest BCUT2D eigenvalue weighted by Gasteiger charge is -2.09. The van der Waals surface area contributed by atoms with Gasteiger partial charge >= 0.3 is 10.3 Å². The SMILES string of the molecule is Cc1ccc(OS(=O)(=O)n2c(O)ccc2O)cc1. The second-order valence-electron chi connectivity index (χ2n) is 3.67. The number of aromatic nitrogens is 1. The molecule has 96 valence electrons. The quantitative estimate of drug-likeness (QED) is 0.878. The molecule has 0 saturated heterocycles. The first-order valence-corrected chi connectivity index (χ1v) is 6.38. The fraction of sp³-hybridized carbons (Fsp3) is 0.0909. The summed E-state index contributed by atoms with van der Waals surface area (Å²) in [6.45, 7) is 1.85. The third-order valence-corrected chi connectivity index (χ3v) is 3.47. The second-order valence-corrected chi connectivity index (χ2v) is 5.06. The van der Waals surface area contributed by atoms with E-state index in [4.69, 9.17) is 4.18 Å². The first-order valence-electron chi connectivity index (χ1n) is 5.01. The van der Waals surface area contributed by atoms with Crippen molar-refractivity contribution in [3.63, 3.8) is 0 Å². The molecule has 0 amide bonds. The van der Waals surface area contributed by atoms with Gasteiger partial charge in [-0.25, -0.2) is 0 Å². The zero-order valence-corrected chi connectivity index (χ0v) is 10.3. The maximum absolute atomic E-state index is 11.8. The highest BCUT2D eigenvalue weighted by Crippen LogP contribution is 2.25. The Morgan fingerprint density at radius 2 is 1.50 bits per heavy atom. The molecule has 0 aliphatic heterocycles. The van der Waals surface area contributed by atoms with Crippen molar-refractivity contribution in [1.29, 1.82) is 0 Å². The number of benzene rings is 1. The van der Waals surface area contributed by atoms with Crippen LogP contribution in [-0.2, 0) is 10.3 Å². The molecule has 0 radical (unpaired) electrons. The summed E-state index contributed by atoms with van der Waals surface area (Å²) in [5, 5.41) is 18.7. The molecule has 0 aliphatic rings. The Kier molecular flexibility index (Phi) is 2.92. The van der Waals surface area contributed by atoms with Gasteiger partial charge < -0.3 is 14.4 Å². The van der Waals surface area contributed by atoms with E-state index in [1.165, 1.54) is 12.1 Å². The van der Waals surface area contributed by atoms with E-state index < -0.39 is 22.1 Å². The normalized spacial score (nSPS) is 11.4. The Morgan fingerprint density at radius 1 is 1.00 bits per heavy atom. The van der Waals surface area contributed by atoms with Crippen molar-refractivity contribution in [3.8, 4) is 17.5 Å². The highest BCUT2D eigenvalue weighted by molar-refractivity contribution is 7.85. The fourth-order valence-electron chi connectivity index (χ4n) is 1.38. The topological polar surface area (TPSA) is 88.8 Å². The van der Waals surface area contributed by atoms with Crippen molar-refractivity contribution < 1.29 is 22.8 Å². The molecule has 2 rings (SSSR count). The summed E-state index contributed by atoms with van der Waals surface area (Å²) in [5.41, 5.74) is 0.950. The summed E-state index contributed by atoms with van der Waals surface area (Å²) in [5.74, 6) is -1.16. The number of aromatic hydroxyl groups is 2. The standard InChI is InChI=1S/C11H11NO5S/c1-8-2-4-9(5-3-8)17-18(15,16)12-10(13)6-7-11(12)14/h2-7,13-14H,1H3. The minimum Gasteiger partial charge on any atom is -0.494 e. The van der Waals surface area contributed by atoms with Gasteiger partial charge in [0.1, 0.15) is 5.75 Å². The van der Waals surface area contributed by atoms with Gasteiger partial charge in [0.15, 0.2) is 0 Å². The van der Waals surface area contributed by atoms with Crippen LogP contribution in [0, 0.1) is 6.92 Å². The van der Waals surface area contributed by atoms with Crippen LogP contribution >= 0.6 is 0 Å². The maximum Gasteiger partial charge on any atom is 0.419 e. The van der Waals surface area contributed by atoms with Crippen LogP contribution in [0.3, 0.4) is 0 Å². The Bertz CT molecular complexity index is 638. The van der Waals surface area contributed by atoms with E-state index in [-0.39, 0.29) is 5.75 Å². The Hall–Kier alpha value is -2.15. The van der Waals surface area contributed by atoms with E-state index in [1.54, 1.807) is 12.1 Å². The molecule has 0 spiro atoms. The number of hydrogen-bond donors (Lipinski definition) is 2. The van der Waals surface area contributed by atoms with Crippen LogP contribution in [-0.4, -0.2) is 22.6 Å². The average molecular weight is 269 g/mol. The van der Waals surface area contributed by atoms with E-state index in [9.17, 15) is 18.6 Å². The van der Waals surface area contributed by atoms with Gasteiger partial charge in [-0.05, 0) is 19.1 Å². The van der Waals surface area contributed by atoms with Gasteiger partial charge in [-0.15, -0.1) is 3.97 Å². The molecule has 2 N–H and O–H groups in total. The van der Waals surface area contributed by atoms with Crippen LogP contribution in [0.4, 0.5) is 0 Å². The first kappa shape index (κ1) is 12.3. The van der Waals surface area contributed by atoms with Crippen LogP contribution in [0.1, 0.15) is 5.56 Å². The molecule has 6 nitrogen and oxygen atoms in total. The zero-order chi connectivity index (χ0) is 13.3. The van der Waals surface area contributed by atoms with Crippen LogP contribution in [0.15, 0.2) is 36.4 Å². The molecule has 0 fully saturated rings. The van der Waals surface area contributed by atoms with Crippen molar-refractivity contribution in [3.05, 3.63) is 42.0 Å². The van der Waals surface area contributed by atoms with Crippen molar-refractivity contribution in [2.45, 2.75) is 6.92 Å². The smallest absolute Gasteiger partial charge is 0.419 e. The monoisotopic (exact) mass is 269 g/mol. The minimum atomic E-state index is -4.33. The van der Waals surface area contributed by atoms with Crippen LogP contribution < -0.4 is 4.18 Å². The van der Waals surface area contributed by atoms with Gasteiger partial charge in [0.05, 0.1) is 0 Å². The highest BCUT2D eigenvalue weighted by atomic mass is 32.2. The Balaban J connectivity index is 2.36. The van der Waals surface area contributed by atoms with Gasteiger partial charge in [0, 0.05) is 12.1 Å². The molecule has 1 heterocycles. The van der Waals surface area contributed by atoms with Crippen molar-refractivity contribution in [2.24, 2.45) is 0 Å². The van der Waals surface area contributed by atoms with Crippen molar-refractivity contribution in [2.75, 3.05) is 0 Å².